The summed E-state index contributed by atoms with van der Waals surface area (Å²) < 4.78 is 101. The standard InChI is InChI=1S/C8H4F8N2/c9-2-1(7(12,13)8(14,15)16)5(17)4(11)6(18)3(2)10/h17-18H2. The van der Waals surface area contributed by atoms with Crippen LogP contribution in [0.4, 0.5) is 46.5 Å². The lowest BCUT2D eigenvalue weighted by Gasteiger charge is -2.22. The first-order valence-electron chi connectivity index (χ1n) is 4.09. The van der Waals surface area contributed by atoms with Crippen molar-refractivity contribution >= 4 is 11.4 Å². The second-order valence-corrected chi connectivity index (χ2v) is 3.22. The summed E-state index contributed by atoms with van der Waals surface area (Å²) >= 11 is 0. The Labute approximate surface area is 94.2 Å². The molecular formula is C8H4F8N2. The van der Waals surface area contributed by atoms with Gasteiger partial charge in [-0.1, -0.05) is 0 Å². The van der Waals surface area contributed by atoms with E-state index in [2.05, 4.69) is 11.5 Å². The Morgan fingerprint density at radius 3 is 1.50 bits per heavy atom. The average Bonchev–Trinajstić information content (AvgIpc) is 2.22. The maximum Gasteiger partial charge on any atom is 0.458 e. The quantitative estimate of drug-likeness (QED) is 0.472. The zero-order valence-electron chi connectivity index (χ0n) is 8.18. The molecule has 0 bridgehead atoms. The topological polar surface area (TPSA) is 52.0 Å². The van der Waals surface area contributed by atoms with Crippen molar-refractivity contribution in [2.45, 2.75) is 12.1 Å². The van der Waals surface area contributed by atoms with Gasteiger partial charge in [0.2, 0.25) is 0 Å². The molecule has 10 heteroatoms. The fourth-order valence-corrected chi connectivity index (χ4v) is 1.15. The van der Waals surface area contributed by atoms with Gasteiger partial charge in [0.05, 0.1) is 11.3 Å². The summed E-state index contributed by atoms with van der Waals surface area (Å²) in [6, 6.07) is 0. The normalized spacial score (nSPS) is 12.9. The molecule has 4 N–H and O–H groups in total. The molecule has 0 fully saturated rings. The number of benzene rings is 1. The molecular weight excluding hydrogens is 276 g/mol. The van der Waals surface area contributed by atoms with Gasteiger partial charge in [0.25, 0.3) is 0 Å². The van der Waals surface area contributed by atoms with E-state index in [0.717, 1.165) is 0 Å². The number of hydrogen-bond acceptors (Lipinski definition) is 2. The Balaban J connectivity index is 3.72. The Morgan fingerprint density at radius 2 is 1.11 bits per heavy atom. The highest BCUT2D eigenvalue weighted by Crippen LogP contribution is 2.48. The minimum absolute atomic E-state index is 1.58. The van der Waals surface area contributed by atoms with Crippen molar-refractivity contribution in [3.05, 3.63) is 23.0 Å². The Kier molecular flexibility index (Phi) is 3.09. The van der Waals surface area contributed by atoms with E-state index >= 15 is 0 Å². The number of halogens is 8. The van der Waals surface area contributed by atoms with Crippen molar-refractivity contribution in [1.29, 1.82) is 0 Å². The van der Waals surface area contributed by atoms with E-state index in [4.69, 9.17) is 0 Å². The first kappa shape index (κ1) is 14.3. The molecule has 18 heavy (non-hydrogen) atoms. The van der Waals surface area contributed by atoms with E-state index in [0.29, 0.717) is 0 Å². The van der Waals surface area contributed by atoms with Gasteiger partial charge in [-0.05, 0) is 0 Å². The average molecular weight is 280 g/mol. The predicted octanol–water partition coefficient (Wildman–Crippen LogP) is 2.92. The van der Waals surface area contributed by atoms with Crippen molar-refractivity contribution in [1.82, 2.24) is 0 Å². The highest BCUT2D eigenvalue weighted by atomic mass is 19.4. The van der Waals surface area contributed by atoms with E-state index in [1.807, 2.05) is 0 Å². The van der Waals surface area contributed by atoms with Crippen molar-refractivity contribution in [3.63, 3.8) is 0 Å². The molecule has 0 saturated heterocycles. The molecule has 102 valence electrons. The maximum atomic E-state index is 13.0. The predicted molar refractivity (Wildman–Crippen MR) is 45.1 cm³/mol. The van der Waals surface area contributed by atoms with Crippen molar-refractivity contribution in [2.75, 3.05) is 11.5 Å². The molecule has 0 saturated carbocycles. The largest absolute Gasteiger partial charge is 0.458 e. The monoisotopic (exact) mass is 280 g/mol. The van der Waals surface area contributed by atoms with Crippen LogP contribution in [-0.4, -0.2) is 6.18 Å². The molecule has 0 aliphatic rings. The molecule has 0 amide bonds. The number of anilines is 2. The zero-order valence-corrected chi connectivity index (χ0v) is 8.18. The highest BCUT2D eigenvalue weighted by molar-refractivity contribution is 5.61. The number of nitrogen functional groups attached to an aromatic ring is 2. The maximum absolute atomic E-state index is 13.0. The molecule has 0 atom stereocenters. The fourth-order valence-electron chi connectivity index (χ4n) is 1.15. The van der Waals surface area contributed by atoms with Gasteiger partial charge in [0.15, 0.2) is 17.5 Å². The lowest BCUT2D eigenvalue weighted by Crippen LogP contribution is -2.36. The molecule has 0 aromatic heterocycles. The molecule has 1 aromatic rings. The summed E-state index contributed by atoms with van der Waals surface area (Å²) in [6.45, 7) is 0. The van der Waals surface area contributed by atoms with Gasteiger partial charge in [-0.25, -0.2) is 13.2 Å². The first-order chi connectivity index (χ1) is 7.93. The second kappa shape index (κ2) is 3.89. The number of alkyl halides is 5. The summed E-state index contributed by atoms with van der Waals surface area (Å²) in [4.78, 5) is 0. The van der Waals surface area contributed by atoms with E-state index in [9.17, 15) is 35.1 Å². The number of nitrogens with two attached hydrogens (primary N) is 2. The van der Waals surface area contributed by atoms with Crippen molar-refractivity contribution in [2.24, 2.45) is 0 Å². The van der Waals surface area contributed by atoms with Crippen LogP contribution in [0.3, 0.4) is 0 Å². The molecule has 1 rings (SSSR count). The lowest BCUT2D eigenvalue weighted by atomic mass is 10.0. The van der Waals surface area contributed by atoms with Crippen LogP contribution in [0.1, 0.15) is 5.56 Å². The van der Waals surface area contributed by atoms with Gasteiger partial charge in [0.1, 0.15) is 5.69 Å². The lowest BCUT2D eigenvalue weighted by molar-refractivity contribution is -0.290. The van der Waals surface area contributed by atoms with Gasteiger partial charge in [-0.3, -0.25) is 0 Å². The Hall–Kier alpha value is -1.74. The van der Waals surface area contributed by atoms with Crippen LogP contribution in [0.25, 0.3) is 0 Å². The second-order valence-electron chi connectivity index (χ2n) is 3.22. The number of rotatable bonds is 1. The molecule has 2 nitrogen and oxygen atoms in total. The van der Waals surface area contributed by atoms with Crippen molar-refractivity contribution in [3.8, 4) is 0 Å². The van der Waals surface area contributed by atoms with Crippen LogP contribution >= 0.6 is 0 Å². The van der Waals surface area contributed by atoms with E-state index < -0.39 is 46.5 Å². The molecule has 0 aliphatic carbocycles. The number of hydrogen-bond donors (Lipinski definition) is 2. The SMILES string of the molecule is Nc1c(F)c(N)c(C(F)(F)C(F)(F)F)c(F)c1F. The summed E-state index contributed by atoms with van der Waals surface area (Å²) in [5.41, 5.74) is 3.11. The Morgan fingerprint density at radius 1 is 0.667 bits per heavy atom. The third-order valence-electron chi connectivity index (χ3n) is 2.06. The molecule has 0 unspecified atom stereocenters. The fraction of sp³-hybridized carbons (Fsp3) is 0.250. The van der Waals surface area contributed by atoms with E-state index in [-0.39, 0.29) is 0 Å². The van der Waals surface area contributed by atoms with Crippen LogP contribution in [0.15, 0.2) is 0 Å². The summed E-state index contributed by atoms with van der Waals surface area (Å²) in [5, 5.41) is 0. The minimum atomic E-state index is -6.27. The highest BCUT2D eigenvalue weighted by Gasteiger charge is 2.61. The van der Waals surface area contributed by atoms with Crippen LogP contribution in [0, 0.1) is 17.5 Å². The van der Waals surface area contributed by atoms with E-state index in [1.165, 1.54) is 0 Å². The van der Waals surface area contributed by atoms with Crippen LogP contribution in [-0.2, 0) is 5.92 Å². The zero-order chi connectivity index (χ0) is 14.5. The summed E-state index contributed by atoms with van der Waals surface area (Å²) in [7, 11) is 0. The van der Waals surface area contributed by atoms with E-state index in [1.54, 1.807) is 0 Å². The summed E-state index contributed by atoms with van der Waals surface area (Å²) in [5.74, 6) is -12.9. The first-order valence-corrected chi connectivity index (χ1v) is 4.09. The molecule has 0 radical (unpaired) electrons. The third kappa shape index (κ3) is 1.81. The van der Waals surface area contributed by atoms with Gasteiger partial charge >= 0.3 is 12.1 Å². The van der Waals surface area contributed by atoms with Gasteiger partial charge in [-0.2, -0.15) is 22.0 Å². The van der Waals surface area contributed by atoms with Gasteiger partial charge in [0, 0.05) is 0 Å². The van der Waals surface area contributed by atoms with Gasteiger partial charge < -0.3 is 11.5 Å². The Bertz CT molecular complexity index is 464. The smallest absolute Gasteiger partial charge is 0.396 e. The van der Waals surface area contributed by atoms with Crippen molar-refractivity contribution < 1.29 is 35.1 Å². The molecule has 0 spiro atoms. The third-order valence-corrected chi connectivity index (χ3v) is 2.06. The molecule has 1 aromatic carbocycles. The molecule has 0 aliphatic heterocycles. The van der Waals surface area contributed by atoms with Crippen LogP contribution in [0.5, 0.6) is 0 Å². The minimum Gasteiger partial charge on any atom is -0.396 e. The van der Waals surface area contributed by atoms with Crippen LogP contribution in [0.2, 0.25) is 0 Å². The molecule has 0 heterocycles. The van der Waals surface area contributed by atoms with Crippen LogP contribution < -0.4 is 11.5 Å². The van der Waals surface area contributed by atoms with Gasteiger partial charge in [-0.15, -0.1) is 0 Å². The summed E-state index contributed by atoms with van der Waals surface area (Å²) in [6.07, 6.45) is -6.27.